The van der Waals surface area contributed by atoms with Crippen molar-refractivity contribution >= 4 is 17.6 Å². The summed E-state index contributed by atoms with van der Waals surface area (Å²) in [5, 5.41) is 0. The molecule has 0 bridgehead atoms. The summed E-state index contributed by atoms with van der Waals surface area (Å²) in [6, 6.07) is 18.5. The Hall–Kier alpha value is -2.61. The number of amides is 1. The topological polar surface area (TPSA) is 20.3 Å². The normalized spacial score (nSPS) is 14.8. The van der Waals surface area contributed by atoms with Crippen LogP contribution < -0.4 is 0 Å². The Balaban J connectivity index is 1.63. The van der Waals surface area contributed by atoms with E-state index in [-0.39, 0.29) is 5.91 Å². The van der Waals surface area contributed by atoms with Crippen molar-refractivity contribution in [1.82, 2.24) is 4.90 Å². The fourth-order valence-corrected chi connectivity index (χ4v) is 2.83. The molecule has 0 atom stereocenters. The zero-order valence-electron chi connectivity index (χ0n) is 13.4. The van der Waals surface area contributed by atoms with Gasteiger partial charge in [-0.15, -0.1) is 0 Å². The van der Waals surface area contributed by atoms with E-state index in [2.05, 4.69) is 49.4 Å². The number of carbonyl (C=O) groups is 1. The number of benzene rings is 2. The molecular weight excluding hydrogens is 282 g/mol. The highest BCUT2D eigenvalue weighted by atomic mass is 16.2. The number of hydrogen-bond donors (Lipinski definition) is 0. The van der Waals surface area contributed by atoms with Gasteiger partial charge in [-0.2, -0.15) is 0 Å². The second-order valence-electron chi connectivity index (χ2n) is 5.88. The van der Waals surface area contributed by atoms with E-state index in [1.165, 1.54) is 16.7 Å². The number of aryl methyl sites for hydroxylation is 1. The van der Waals surface area contributed by atoms with Gasteiger partial charge in [0.15, 0.2) is 0 Å². The second kappa shape index (κ2) is 7.10. The van der Waals surface area contributed by atoms with E-state index in [1.54, 1.807) is 6.08 Å². The van der Waals surface area contributed by atoms with Crippen molar-refractivity contribution in [2.75, 3.05) is 13.1 Å². The van der Waals surface area contributed by atoms with Crippen LogP contribution >= 0.6 is 0 Å². The SMILES string of the molecule is Cc1cccc(/C=C/C(=O)N2CC=C(c3ccccc3)CC2)c1. The number of carbonyl (C=O) groups excluding carboxylic acids is 1. The molecule has 1 aliphatic rings. The van der Waals surface area contributed by atoms with Crippen molar-refractivity contribution in [3.05, 3.63) is 83.4 Å². The lowest BCUT2D eigenvalue weighted by atomic mass is 9.99. The maximum Gasteiger partial charge on any atom is 0.246 e. The largest absolute Gasteiger partial charge is 0.335 e. The smallest absolute Gasteiger partial charge is 0.246 e. The third-order valence-electron chi connectivity index (χ3n) is 4.13. The Kier molecular flexibility index (Phi) is 4.72. The molecule has 0 aliphatic carbocycles. The highest BCUT2D eigenvalue weighted by Gasteiger charge is 2.15. The molecule has 23 heavy (non-hydrogen) atoms. The highest BCUT2D eigenvalue weighted by Crippen LogP contribution is 2.22. The van der Waals surface area contributed by atoms with Gasteiger partial charge in [-0.25, -0.2) is 0 Å². The Labute approximate surface area is 137 Å². The van der Waals surface area contributed by atoms with Crippen LogP contribution in [-0.2, 0) is 4.79 Å². The zero-order valence-corrected chi connectivity index (χ0v) is 13.4. The van der Waals surface area contributed by atoms with Crippen LogP contribution in [0.4, 0.5) is 0 Å². The maximum atomic E-state index is 12.3. The summed E-state index contributed by atoms with van der Waals surface area (Å²) in [5.74, 6) is 0.0786. The van der Waals surface area contributed by atoms with Crippen LogP contribution in [-0.4, -0.2) is 23.9 Å². The second-order valence-corrected chi connectivity index (χ2v) is 5.88. The fourth-order valence-electron chi connectivity index (χ4n) is 2.83. The van der Waals surface area contributed by atoms with Gasteiger partial charge in [0.1, 0.15) is 0 Å². The van der Waals surface area contributed by atoms with E-state index < -0.39 is 0 Å². The van der Waals surface area contributed by atoms with E-state index in [1.807, 2.05) is 29.2 Å². The van der Waals surface area contributed by atoms with Gasteiger partial charge in [-0.05, 0) is 36.1 Å². The molecule has 0 aromatic heterocycles. The highest BCUT2D eigenvalue weighted by molar-refractivity contribution is 5.92. The van der Waals surface area contributed by atoms with E-state index in [0.29, 0.717) is 6.54 Å². The molecule has 0 radical (unpaired) electrons. The van der Waals surface area contributed by atoms with Gasteiger partial charge in [0.05, 0.1) is 0 Å². The molecule has 0 spiro atoms. The lowest BCUT2D eigenvalue weighted by Gasteiger charge is -2.25. The molecule has 1 amide bonds. The predicted molar refractivity (Wildman–Crippen MR) is 95.8 cm³/mol. The van der Waals surface area contributed by atoms with Crippen molar-refractivity contribution in [1.29, 1.82) is 0 Å². The molecule has 1 aliphatic heterocycles. The summed E-state index contributed by atoms with van der Waals surface area (Å²) < 4.78 is 0. The Morgan fingerprint density at radius 3 is 2.61 bits per heavy atom. The Morgan fingerprint density at radius 2 is 1.91 bits per heavy atom. The van der Waals surface area contributed by atoms with Gasteiger partial charge in [0.2, 0.25) is 5.91 Å². The first-order valence-corrected chi connectivity index (χ1v) is 8.00. The summed E-state index contributed by atoms with van der Waals surface area (Å²) in [6.45, 7) is 3.51. The summed E-state index contributed by atoms with van der Waals surface area (Å²) >= 11 is 0. The van der Waals surface area contributed by atoms with Gasteiger partial charge in [-0.3, -0.25) is 4.79 Å². The molecule has 2 heteroatoms. The monoisotopic (exact) mass is 303 g/mol. The summed E-state index contributed by atoms with van der Waals surface area (Å²) in [4.78, 5) is 14.2. The standard InChI is InChI=1S/C21H21NO/c1-17-6-5-7-18(16-17)10-11-21(23)22-14-12-20(13-15-22)19-8-3-2-4-9-19/h2-12,16H,13-15H2,1H3/b11-10+. The molecule has 1 heterocycles. The molecule has 3 rings (SSSR count). The third kappa shape index (κ3) is 3.98. The molecule has 2 nitrogen and oxygen atoms in total. The van der Waals surface area contributed by atoms with Crippen LogP contribution in [0.25, 0.3) is 11.6 Å². The molecule has 0 N–H and O–H groups in total. The zero-order chi connectivity index (χ0) is 16.1. The fraction of sp³-hybridized carbons (Fsp3) is 0.190. The first kappa shape index (κ1) is 15.3. The van der Waals surface area contributed by atoms with E-state index in [9.17, 15) is 4.79 Å². The van der Waals surface area contributed by atoms with Gasteiger partial charge in [-0.1, -0.05) is 66.2 Å². The lowest BCUT2D eigenvalue weighted by Crippen LogP contribution is -2.33. The molecule has 0 fully saturated rings. The van der Waals surface area contributed by atoms with Gasteiger partial charge in [0.25, 0.3) is 0 Å². The van der Waals surface area contributed by atoms with Gasteiger partial charge < -0.3 is 4.90 Å². The van der Waals surface area contributed by atoms with Gasteiger partial charge >= 0.3 is 0 Å². The summed E-state index contributed by atoms with van der Waals surface area (Å²) in [5.41, 5.74) is 4.86. The molecule has 0 saturated heterocycles. The average Bonchev–Trinajstić information content (AvgIpc) is 2.61. The van der Waals surface area contributed by atoms with Crippen molar-refractivity contribution in [3.8, 4) is 0 Å². The van der Waals surface area contributed by atoms with Crippen molar-refractivity contribution < 1.29 is 4.79 Å². The Morgan fingerprint density at radius 1 is 1.09 bits per heavy atom. The molecule has 2 aromatic rings. The van der Waals surface area contributed by atoms with E-state index in [0.717, 1.165) is 18.5 Å². The minimum absolute atomic E-state index is 0.0786. The summed E-state index contributed by atoms with van der Waals surface area (Å²) in [7, 11) is 0. The van der Waals surface area contributed by atoms with Crippen LogP contribution in [0.3, 0.4) is 0 Å². The molecule has 2 aromatic carbocycles. The number of nitrogens with zero attached hydrogens (tertiary/aromatic N) is 1. The van der Waals surface area contributed by atoms with Crippen molar-refractivity contribution in [3.63, 3.8) is 0 Å². The maximum absolute atomic E-state index is 12.3. The van der Waals surface area contributed by atoms with E-state index >= 15 is 0 Å². The van der Waals surface area contributed by atoms with Crippen LogP contribution in [0.2, 0.25) is 0 Å². The minimum Gasteiger partial charge on any atom is -0.335 e. The van der Waals surface area contributed by atoms with Crippen LogP contribution in [0.15, 0.2) is 66.7 Å². The van der Waals surface area contributed by atoms with Crippen molar-refractivity contribution in [2.24, 2.45) is 0 Å². The quantitative estimate of drug-likeness (QED) is 0.773. The first-order valence-electron chi connectivity index (χ1n) is 8.00. The number of hydrogen-bond acceptors (Lipinski definition) is 1. The predicted octanol–water partition coefficient (Wildman–Crippen LogP) is 4.32. The lowest BCUT2D eigenvalue weighted by molar-refractivity contribution is -0.125. The van der Waals surface area contributed by atoms with Crippen LogP contribution in [0, 0.1) is 6.92 Å². The third-order valence-corrected chi connectivity index (χ3v) is 4.13. The van der Waals surface area contributed by atoms with Crippen molar-refractivity contribution in [2.45, 2.75) is 13.3 Å². The first-order chi connectivity index (χ1) is 11.2. The molecule has 116 valence electrons. The molecule has 0 unspecified atom stereocenters. The molecular formula is C21H21NO. The average molecular weight is 303 g/mol. The molecule has 0 saturated carbocycles. The van der Waals surface area contributed by atoms with Gasteiger partial charge in [0, 0.05) is 19.2 Å². The number of rotatable bonds is 3. The van der Waals surface area contributed by atoms with Crippen LogP contribution in [0.1, 0.15) is 23.1 Å². The minimum atomic E-state index is 0.0786. The summed E-state index contributed by atoms with van der Waals surface area (Å²) in [6.07, 6.45) is 6.65. The van der Waals surface area contributed by atoms with E-state index in [4.69, 9.17) is 0 Å². The van der Waals surface area contributed by atoms with Crippen LogP contribution in [0.5, 0.6) is 0 Å². The Bertz CT molecular complexity index is 743.